The van der Waals surface area contributed by atoms with Crippen molar-refractivity contribution >= 4 is 5.91 Å². The van der Waals surface area contributed by atoms with Crippen LogP contribution in [0.15, 0.2) is 0 Å². The van der Waals surface area contributed by atoms with E-state index in [-0.39, 0.29) is 5.91 Å². The maximum atomic E-state index is 12.0. The molecular formula is C11H21N5O6. The van der Waals surface area contributed by atoms with Crippen molar-refractivity contribution in [2.24, 2.45) is 5.73 Å². The highest BCUT2D eigenvalue weighted by molar-refractivity contribution is 5.84. The number of nitrogens with one attached hydrogen (secondary N) is 3. The van der Waals surface area contributed by atoms with Crippen LogP contribution in [0.5, 0.6) is 0 Å². The number of hydrogen-bond donors (Lipinski definition) is 7. The van der Waals surface area contributed by atoms with E-state index in [0.717, 1.165) is 0 Å². The van der Waals surface area contributed by atoms with E-state index in [1.54, 1.807) is 4.90 Å². The maximum absolute atomic E-state index is 12.0. The van der Waals surface area contributed by atoms with Gasteiger partial charge in [0.05, 0.1) is 12.8 Å². The topological polar surface area (TPSA) is 162 Å². The minimum Gasteiger partial charge on any atom is -0.394 e. The Bertz CT molecular complexity index is 441. The van der Waals surface area contributed by atoms with Crippen LogP contribution in [-0.4, -0.2) is 89.2 Å². The zero-order valence-corrected chi connectivity index (χ0v) is 11.9. The quantitative estimate of drug-likeness (QED) is 0.268. The second kappa shape index (κ2) is 5.96. The van der Waals surface area contributed by atoms with Gasteiger partial charge in [0.2, 0.25) is 5.91 Å². The molecule has 1 amide bonds. The zero-order valence-electron chi connectivity index (χ0n) is 11.9. The second-order valence-corrected chi connectivity index (χ2v) is 5.51. The van der Waals surface area contributed by atoms with Gasteiger partial charge in [-0.05, 0) is 0 Å². The highest BCUT2D eigenvalue weighted by atomic mass is 16.6. The summed E-state index contributed by atoms with van der Waals surface area (Å²) in [6, 6.07) is -0.661. The molecule has 11 nitrogen and oxygen atoms in total. The molecule has 0 aromatic carbocycles. The van der Waals surface area contributed by atoms with E-state index in [0.29, 0.717) is 0 Å². The smallest absolute Gasteiger partial charge is 0.242 e. The first-order chi connectivity index (χ1) is 10.5. The van der Waals surface area contributed by atoms with E-state index in [9.17, 15) is 20.1 Å². The van der Waals surface area contributed by atoms with Gasteiger partial charge in [0, 0.05) is 7.11 Å². The molecule has 0 aliphatic carbocycles. The maximum Gasteiger partial charge on any atom is 0.242 e. The van der Waals surface area contributed by atoms with Crippen molar-refractivity contribution in [2.45, 2.75) is 49.4 Å². The highest BCUT2D eigenvalue weighted by Gasteiger charge is 2.56. The summed E-state index contributed by atoms with van der Waals surface area (Å²) in [5, 5.41) is 37.7. The van der Waals surface area contributed by atoms with Crippen LogP contribution in [0.25, 0.3) is 0 Å². The molecule has 0 spiro atoms. The van der Waals surface area contributed by atoms with Crippen molar-refractivity contribution in [3.63, 3.8) is 0 Å². The van der Waals surface area contributed by atoms with Gasteiger partial charge in [-0.2, -0.15) is 0 Å². The SMILES string of the molecule is COC1NC2C(=O)NC(N)NC2N1C1OC(CO)C(O)C1O. The molecule has 3 rings (SSSR count). The summed E-state index contributed by atoms with van der Waals surface area (Å²) in [6.07, 6.45) is -6.48. The number of rotatable bonds is 3. The number of nitrogens with zero attached hydrogens (tertiary/aromatic N) is 1. The zero-order chi connectivity index (χ0) is 16.0. The summed E-state index contributed by atoms with van der Waals surface area (Å²) >= 11 is 0. The van der Waals surface area contributed by atoms with Crippen LogP contribution in [0.1, 0.15) is 0 Å². The third kappa shape index (κ3) is 2.40. The van der Waals surface area contributed by atoms with Gasteiger partial charge in [-0.1, -0.05) is 0 Å². The molecule has 3 aliphatic rings. The van der Waals surface area contributed by atoms with Gasteiger partial charge in [-0.15, -0.1) is 0 Å². The van der Waals surface area contributed by atoms with Crippen molar-refractivity contribution in [3.05, 3.63) is 0 Å². The molecule has 0 aromatic rings. The van der Waals surface area contributed by atoms with Crippen LogP contribution in [0.3, 0.4) is 0 Å². The van der Waals surface area contributed by atoms with Crippen LogP contribution >= 0.6 is 0 Å². The fourth-order valence-electron chi connectivity index (χ4n) is 3.13. The largest absolute Gasteiger partial charge is 0.394 e. The Hall–Kier alpha value is -0.890. The summed E-state index contributed by atoms with van der Waals surface area (Å²) in [6.45, 7) is -0.435. The fraction of sp³-hybridized carbons (Fsp3) is 0.909. The lowest BCUT2D eigenvalue weighted by Crippen LogP contribution is -2.71. The molecule has 3 heterocycles. The van der Waals surface area contributed by atoms with Crippen LogP contribution < -0.4 is 21.7 Å². The first kappa shape index (κ1) is 16.0. The van der Waals surface area contributed by atoms with Crippen LogP contribution in [0, 0.1) is 0 Å². The van der Waals surface area contributed by atoms with Gasteiger partial charge >= 0.3 is 0 Å². The average Bonchev–Trinajstić information content (AvgIpc) is 2.98. The number of carbonyl (C=O) groups is 1. The lowest BCUT2D eigenvalue weighted by atomic mass is 10.1. The van der Waals surface area contributed by atoms with Crippen molar-refractivity contribution in [2.75, 3.05) is 13.7 Å². The lowest BCUT2D eigenvalue weighted by Gasteiger charge is -2.38. The normalized spacial score (nSPS) is 49.2. The summed E-state index contributed by atoms with van der Waals surface area (Å²) < 4.78 is 10.8. The Morgan fingerprint density at radius 3 is 2.68 bits per heavy atom. The molecule has 0 saturated carbocycles. The molecule has 8 unspecified atom stereocenters. The molecule has 8 atom stereocenters. The minimum absolute atomic E-state index is 0.312. The number of amides is 1. The van der Waals surface area contributed by atoms with Crippen molar-refractivity contribution in [1.29, 1.82) is 0 Å². The number of methoxy groups -OCH3 is 1. The standard InChI is InChI=1S/C11H21N5O6/c1-21-11-13-4-7(14-10(12)15-8(4)20)16(11)9-6(19)5(18)3(2-17)22-9/h3-7,9-11,13-14,17-19H,2,12H2,1H3,(H,15,20). The molecule has 8 N–H and O–H groups in total. The van der Waals surface area contributed by atoms with Crippen molar-refractivity contribution in [3.8, 4) is 0 Å². The Morgan fingerprint density at radius 2 is 2.09 bits per heavy atom. The minimum atomic E-state index is -1.27. The van der Waals surface area contributed by atoms with Gasteiger partial charge in [0.25, 0.3) is 0 Å². The molecule has 3 fully saturated rings. The number of hydrogen-bond acceptors (Lipinski definition) is 10. The van der Waals surface area contributed by atoms with Gasteiger partial charge in [-0.3, -0.25) is 21.2 Å². The Labute approximate surface area is 126 Å². The van der Waals surface area contributed by atoms with Gasteiger partial charge in [0.1, 0.15) is 36.9 Å². The van der Waals surface area contributed by atoms with Gasteiger partial charge < -0.3 is 30.1 Å². The molecule has 0 aromatic heterocycles. The number of aliphatic hydroxyl groups is 3. The van der Waals surface area contributed by atoms with Crippen LogP contribution in [-0.2, 0) is 14.3 Å². The lowest BCUT2D eigenvalue weighted by molar-refractivity contribution is -0.170. The number of ether oxygens (including phenoxy) is 2. The Morgan fingerprint density at radius 1 is 1.36 bits per heavy atom. The third-order valence-corrected chi connectivity index (χ3v) is 4.19. The van der Waals surface area contributed by atoms with E-state index in [1.165, 1.54) is 7.11 Å². The van der Waals surface area contributed by atoms with Gasteiger partial charge in [0.15, 0.2) is 6.35 Å². The average molecular weight is 319 g/mol. The molecule has 3 saturated heterocycles. The molecule has 3 aliphatic heterocycles. The summed E-state index contributed by atoms with van der Waals surface area (Å²) in [5.41, 5.74) is 5.71. The number of fused-ring (bicyclic) bond motifs is 1. The Kier molecular flexibility index (Phi) is 4.33. The number of carbonyl (C=O) groups excluding carboxylic acids is 1. The van der Waals surface area contributed by atoms with E-state index in [4.69, 9.17) is 15.2 Å². The fourth-order valence-corrected chi connectivity index (χ4v) is 3.13. The first-order valence-electron chi connectivity index (χ1n) is 6.98. The predicted octanol–water partition coefficient (Wildman–Crippen LogP) is -5.08. The monoisotopic (exact) mass is 319 g/mol. The highest BCUT2D eigenvalue weighted by Crippen LogP contribution is 2.30. The first-order valence-corrected chi connectivity index (χ1v) is 6.98. The summed E-state index contributed by atoms with van der Waals surface area (Å²) in [5.74, 6) is -0.312. The van der Waals surface area contributed by atoms with Gasteiger partial charge in [-0.25, -0.2) is 4.90 Å². The molecular weight excluding hydrogens is 298 g/mol. The van der Waals surface area contributed by atoms with E-state index < -0.39 is 56.0 Å². The van der Waals surface area contributed by atoms with Crippen molar-refractivity contribution in [1.82, 2.24) is 20.9 Å². The van der Waals surface area contributed by atoms with E-state index in [1.807, 2.05) is 0 Å². The summed E-state index contributed by atoms with van der Waals surface area (Å²) in [4.78, 5) is 13.6. The molecule has 0 bridgehead atoms. The van der Waals surface area contributed by atoms with E-state index >= 15 is 0 Å². The molecule has 0 radical (unpaired) electrons. The van der Waals surface area contributed by atoms with E-state index in [2.05, 4.69) is 16.0 Å². The van der Waals surface area contributed by atoms with Crippen LogP contribution in [0.2, 0.25) is 0 Å². The number of nitrogens with two attached hydrogens (primary N) is 1. The van der Waals surface area contributed by atoms with Crippen molar-refractivity contribution < 1.29 is 29.6 Å². The summed E-state index contributed by atoms with van der Waals surface area (Å²) in [7, 11) is 1.43. The molecule has 126 valence electrons. The Balaban J connectivity index is 1.85. The molecule has 11 heteroatoms. The third-order valence-electron chi connectivity index (χ3n) is 4.19. The second-order valence-electron chi connectivity index (χ2n) is 5.51. The molecule has 22 heavy (non-hydrogen) atoms. The predicted molar refractivity (Wildman–Crippen MR) is 70.4 cm³/mol. The van der Waals surface area contributed by atoms with Crippen LogP contribution in [0.4, 0.5) is 0 Å². The number of aliphatic hydroxyl groups excluding tert-OH is 3.